The molecule has 4 heteroatoms. The number of likely N-dealkylation sites (tertiary alicyclic amines) is 1. The van der Waals surface area contributed by atoms with E-state index in [1.165, 1.54) is 19.3 Å². The van der Waals surface area contributed by atoms with Crippen molar-refractivity contribution in [3.63, 3.8) is 0 Å². The Bertz CT molecular complexity index is 470. The van der Waals surface area contributed by atoms with Gasteiger partial charge in [-0.3, -0.25) is 4.90 Å². The summed E-state index contributed by atoms with van der Waals surface area (Å²) in [7, 11) is 0. The van der Waals surface area contributed by atoms with E-state index in [4.69, 9.17) is 11.6 Å². The summed E-state index contributed by atoms with van der Waals surface area (Å²) >= 11 is 5.88. The molecule has 1 aliphatic heterocycles. The fraction of sp³-hybridized carbons (Fsp3) is 0.647. The zero-order valence-corrected chi connectivity index (χ0v) is 14.0. The summed E-state index contributed by atoms with van der Waals surface area (Å²) in [6, 6.07) is 5.74. The molecule has 1 aromatic rings. The molecule has 1 heterocycles. The molecular weight excluding hydrogens is 287 g/mol. The maximum absolute atomic E-state index is 14.1. The van der Waals surface area contributed by atoms with Gasteiger partial charge in [0.05, 0.1) is 5.02 Å². The molecule has 1 aliphatic rings. The lowest BCUT2D eigenvalue weighted by Gasteiger charge is -2.37. The Labute approximate surface area is 132 Å². The largest absolute Gasteiger partial charge is 0.311 e. The average molecular weight is 313 g/mol. The molecule has 1 fully saturated rings. The standard InChI is InChI=1S/C17H26ClFN2/c1-17(2,3)20-11-14-8-4-5-10-21(14)12-13-7-6-9-15(18)16(13)19/h6-7,9,14,20H,4-5,8,10-12H2,1-3H3. The van der Waals surface area contributed by atoms with Gasteiger partial charge in [0, 0.05) is 30.2 Å². The van der Waals surface area contributed by atoms with Crippen LogP contribution >= 0.6 is 11.6 Å². The monoisotopic (exact) mass is 312 g/mol. The number of benzene rings is 1. The summed E-state index contributed by atoms with van der Waals surface area (Å²) in [5.41, 5.74) is 0.815. The van der Waals surface area contributed by atoms with Crippen LogP contribution in [0.3, 0.4) is 0 Å². The van der Waals surface area contributed by atoms with E-state index in [0.29, 0.717) is 18.2 Å². The van der Waals surface area contributed by atoms with Gasteiger partial charge in [-0.2, -0.15) is 0 Å². The molecule has 2 rings (SSSR count). The Kier molecular flexibility index (Phi) is 5.64. The highest BCUT2D eigenvalue weighted by Crippen LogP contribution is 2.23. The molecule has 2 nitrogen and oxygen atoms in total. The van der Waals surface area contributed by atoms with E-state index in [0.717, 1.165) is 13.1 Å². The average Bonchev–Trinajstić information content (AvgIpc) is 2.42. The van der Waals surface area contributed by atoms with Crippen molar-refractivity contribution < 1.29 is 4.39 Å². The third-order valence-corrected chi connectivity index (χ3v) is 4.31. The molecule has 0 spiro atoms. The summed E-state index contributed by atoms with van der Waals surface area (Å²) in [4.78, 5) is 2.39. The van der Waals surface area contributed by atoms with Crippen LogP contribution in [-0.2, 0) is 6.54 Å². The normalized spacial score (nSPS) is 20.7. The van der Waals surface area contributed by atoms with E-state index in [-0.39, 0.29) is 16.4 Å². The second kappa shape index (κ2) is 7.08. The Morgan fingerprint density at radius 2 is 2.10 bits per heavy atom. The van der Waals surface area contributed by atoms with E-state index < -0.39 is 0 Å². The zero-order valence-electron chi connectivity index (χ0n) is 13.3. The van der Waals surface area contributed by atoms with Gasteiger partial charge in [0.15, 0.2) is 0 Å². The van der Waals surface area contributed by atoms with E-state index in [1.54, 1.807) is 6.07 Å². The Hall–Kier alpha value is -0.640. The quantitative estimate of drug-likeness (QED) is 0.895. The Morgan fingerprint density at radius 3 is 2.81 bits per heavy atom. The minimum absolute atomic E-state index is 0.115. The molecule has 1 atom stereocenters. The number of hydrogen-bond donors (Lipinski definition) is 1. The first-order chi connectivity index (χ1) is 9.87. The molecule has 118 valence electrons. The first-order valence-corrected chi connectivity index (χ1v) is 8.16. The Morgan fingerprint density at radius 1 is 1.33 bits per heavy atom. The maximum atomic E-state index is 14.1. The van der Waals surface area contributed by atoms with Crippen molar-refractivity contribution in [3.05, 3.63) is 34.6 Å². The van der Waals surface area contributed by atoms with Crippen LogP contribution in [0.1, 0.15) is 45.6 Å². The van der Waals surface area contributed by atoms with Crippen molar-refractivity contribution in [1.29, 1.82) is 0 Å². The molecule has 1 N–H and O–H groups in total. The summed E-state index contributed by atoms with van der Waals surface area (Å²) in [6.07, 6.45) is 3.62. The lowest BCUT2D eigenvalue weighted by Crippen LogP contribution is -2.49. The van der Waals surface area contributed by atoms with E-state index in [1.807, 2.05) is 12.1 Å². The van der Waals surface area contributed by atoms with Crippen LogP contribution in [0, 0.1) is 5.82 Å². The number of halogens is 2. The van der Waals surface area contributed by atoms with Crippen LogP contribution in [0.15, 0.2) is 18.2 Å². The first-order valence-electron chi connectivity index (χ1n) is 7.79. The van der Waals surface area contributed by atoms with Gasteiger partial charge in [0.1, 0.15) is 5.82 Å². The van der Waals surface area contributed by atoms with Gasteiger partial charge in [0.2, 0.25) is 0 Å². The fourth-order valence-electron chi connectivity index (χ4n) is 2.81. The van der Waals surface area contributed by atoms with Crippen molar-refractivity contribution in [2.75, 3.05) is 13.1 Å². The third kappa shape index (κ3) is 4.94. The third-order valence-electron chi connectivity index (χ3n) is 4.02. The van der Waals surface area contributed by atoms with Crippen molar-refractivity contribution >= 4 is 11.6 Å². The highest BCUT2D eigenvalue weighted by molar-refractivity contribution is 6.30. The number of hydrogen-bond acceptors (Lipinski definition) is 2. The van der Waals surface area contributed by atoms with Crippen LogP contribution in [0.5, 0.6) is 0 Å². The minimum atomic E-state index is -0.271. The van der Waals surface area contributed by atoms with Crippen LogP contribution in [0.2, 0.25) is 5.02 Å². The molecule has 0 radical (unpaired) electrons. The lowest BCUT2D eigenvalue weighted by molar-refractivity contribution is 0.129. The maximum Gasteiger partial charge on any atom is 0.146 e. The summed E-state index contributed by atoms with van der Waals surface area (Å²) in [5.74, 6) is -0.271. The van der Waals surface area contributed by atoms with Gasteiger partial charge in [0.25, 0.3) is 0 Å². The van der Waals surface area contributed by atoms with Crippen LogP contribution < -0.4 is 5.32 Å². The van der Waals surface area contributed by atoms with E-state index in [9.17, 15) is 4.39 Å². The molecule has 1 unspecified atom stereocenters. The smallest absolute Gasteiger partial charge is 0.146 e. The van der Waals surface area contributed by atoms with Gasteiger partial charge in [-0.1, -0.05) is 30.2 Å². The van der Waals surface area contributed by atoms with Gasteiger partial charge in [-0.25, -0.2) is 4.39 Å². The molecule has 0 aromatic heterocycles. The molecule has 21 heavy (non-hydrogen) atoms. The summed E-state index contributed by atoms with van der Waals surface area (Å²) in [5, 5.41) is 3.79. The van der Waals surface area contributed by atoms with Crippen LogP contribution in [0.25, 0.3) is 0 Å². The zero-order chi connectivity index (χ0) is 15.5. The second-order valence-electron chi connectivity index (χ2n) is 6.96. The summed E-state index contributed by atoms with van der Waals surface area (Å²) in [6.45, 7) is 9.15. The van der Waals surface area contributed by atoms with Gasteiger partial charge < -0.3 is 5.32 Å². The predicted octanol–water partition coefficient (Wildman–Crippen LogP) is 4.22. The van der Waals surface area contributed by atoms with Gasteiger partial charge in [-0.15, -0.1) is 0 Å². The first kappa shape index (κ1) is 16.7. The van der Waals surface area contributed by atoms with Crippen molar-refractivity contribution in [3.8, 4) is 0 Å². The summed E-state index contributed by atoms with van der Waals surface area (Å²) < 4.78 is 14.1. The highest BCUT2D eigenvalue weighted by atomic mass is 35.5. The number of nitrogens with one attached hydrogen (secondary N) is 1. The SMILES string of the molecule is CC(C)(C)NCC1CCCCN1Cc1cccc(Cl)c1F. The van der Waals surface area contributed by atoms with Crippen molar-refractivity contribution in [1.82, 2.24) is 10.2 Å². The fourth-order valence-corrected chi connectivity index (χ4v) is 3.01. The molecule has 0 amide bonds. The van der Waals surface area contributed by atoms with Crippen LogP contribution in [-0.4, -0.2) is 29.6 Å². The molecule has 0 aliphatic carbocycles. The lowest BCUT2D eigenvalue weighted by atomic mass is 9.99. The predicted molar refractivity (Wildman–Crippen MR) is 87.2 cm³/mol. The molecule has 1 saturated heterocycles. The molecule has 0 bridgehead atoms. The molecule has 0 saturated carbocycles. The molecular formula is C17H26ClFN2. The van der Waals surface area contributed by atoms with Gasteiger partial charge >= 0.3 is 0 Å². The molecule has 1 aromatic carbocycles. The number of nitrogens with zero attached hydrogens (tertiary/aromatic N) is 1. The number of piperidine rings is 1. The van der Waals surface area contributed by atoms with E-state index >= 15 is 0 Å². The highest BCUT2D eigenvalue weighted by Gasteiger charge is 2.24. The minimum Gasteiger partial charge on any atom is -0.311 e. The van der Waals surface area contributed by atoms with E-state index in [2.05, 4.69) is 31.0 Å². The topological polar surface area (TPSA) is 15.3 Å². The van der Waals surface area contributed by atoms with Gasteiger partial charge in [-0.05, 0) is 46.2 Å². The van der Waals surface area contributed by atoms with Crippen molar-refractivity contribution in [2.24, 2.45) is 0 Å². The van der Waals surface area contributed by atoms with Crippen LogP contribution in [0.4, 0.5) is 4.39 Å². The van der Waals surface area contributed by atoms with Crippen molar-refractivity contribution in [2.45, 2.75) is 58.2 Å². The Balaban J connectivity index is 2.03. The second-order valence-corrected chi connectivity index (χ2v) is 7.37. The number of rotatable bonds is 4.